The molecule has 1 N–H and O–H groups in total. The minimum absolute atomic E-state index is 0.533. The summed E-state index contributed by atoms with van der Waals surface area (Å²) in [5, 5.41) is 11.9. The Morgan fingerprint density at radius 3 is 2.65 bits per heavy atom. The van der Waals surface area contributed by atoms with Crippen LogP contribution in [0.1, 0.15) is 11.1 Å². The molecule has 7 heteroatoms. The summed E-state index contributed by atoms with van der Waals surface area (Å²) >= 11 is 0. The first kappa shape index (κ1) is 19.5. The van der Waals surface area contributed by atoms with Gasteiger partial charge in [-0.15, -0.1) is 10.2 Å². The number of methoxy groups -OCH3 is 1. The largest absolute Gasteiger partial charge is 0.496 e. The number of nitrogens with zero attached hydrogens (tertiary/aromatic N) is 4. The first-order valence-electron chi connectivity index (χ1n) is 10.4. The highest BCUT2D eigenvalue weighted by atomic mass is 19.1. The number of ether oxygens (including phenoxy) is 1. The van der Waals surface area contributed by atoms with Crippen molar-refractivity contribution >= 4 is 11.5 Å². The number of aromatic nitrogens is 3. The standard InChI is InChI=1S/C24H24FN5O/c1-31-22-5-3-2-4-19(22)12-26-23-11-10-21(24-28-27-16-30(23)24)18-8-6-17(7-9-18)13-29-14-20(25)15-29/h2-11,16,20,26H,12-15H2,1H3. The molecule has 3 heterocycles. The van der Waals surface area contributed by atoms with Crippen LogP contribution in [0.3, 0.4) is 0 Å². The van der Waals surface area contributed by atoms with Gasteiger partial charge in [0.25, 0.3) is 0 Å². The van der Waals surface area contributed by atoms with Crippen LogP contribution in [0.4, 0.5) is 10.2 Å². The lowest BCUT2D eigenvalue weighted by Crippen LogP contribution is -2.47. The molecule has 1 fully saturated rings. The summed E-state index contributed by atoms with van der Waals surface area (Å²) in [5.41, 5.74) is 5.14. The van der Waals surface area contributed by atoms with Crippen LogP contribution in [-0.2, 0) is 13.1 Å². The van der Waals surface area contributed by atoms with Crippen LogP contribution in [-0.4, -0.2) is 45.9 Å². The Kier molecular flexibility index (Phi) is 5.26. The quantitative estimate of drug-likeness (QED) is 0.489. The van der Waals surface area contributed by atoms with Crippen molar-refractivity contribution in [3.8, 4) is 16.9 Å². The maximum absolute atomic E-state index is 13.0. The van der Waals surface area contributed by atoms with Crippen molar-refractivity contribution in [3.63, 3.8) is 0 Å². The van der Waals surface area contributed by atoms with Gasteiger partial charge in [0.05, 0.1) is 7.11 Å². The number of hydrogen-bond acceptors (Lipinski definition) is 5. The van der Waals surface area contributed by atoms with Crippen molar-refractivity contribution < 1.29 is 9.13 Å². The molecule has 31 heavy (non-hydrogen) atoms. The number of anilines is 1. The zero-order valence-corrected chi connectivity index (χ0v) is 17.3. The van der Waals surface area contributed by atoms with Gasteiger partial charge in [-0.2, -0.15) is 0 Å². The lowest BCUT2D eigenvalue weighted by Gasteiger charge is -2.34. The molecule has 0 saturated carbocycles. The molecule has 4 aromatic rings. The number of benzene rings is 2. The van der Waals surface area contributed by atoms with Crippen LogP contribution in [0, 0.1) is 0 Å². The van der Waals surface area contributed by atoms with E-state index in [4.69, 9.17) is 4.74 Å². The molecule has 2 aromatic heterocycles. The third-order valence-corrected chi connectivity index (χ3v) is 5.69. The SMILES string of the molecule is COc1ccccc1CNc1ccc(-c2ccc(CN3CC(F)C3)cc2)c2nncn12. The maximum Gasteiger partial charge on any atom is 0.170 e. The van der Waals surface area contributed by atoms with Gasteiger partial charge in [0, 0.05) is 37.3 Å². The minimum Gasteiger partial charge on any atom is -0.496 e. The van der Waals surface area contributed by atoms with Crippen molar-refractivity contribution in [2.45, 2.75) is 19.3 Å². The van der Waals surface area contributed by atoms with Crippen molar-refractivity contribution in [2.24, 2.45) is 0 Å². The zero-order valence-electron chi connectivity index (χ0n) is 17.3. The van der Waals surface area contributed by atoms with E-state index in [0.717, 1.165) is 40.4 Å². The lowest BCUT2D eigenvalue weighted by molar-refractivity contribution is 0.0591. The molecule has 6 nitrogen and oxygen atoms in total. The predicted octanol–water partition coefficient (Wildman–Crippen LogP) is 4.17. The van der Waals surface area contributed by atoms with Crippen LogP contribution in [0.15, 0.2) is 67.0 Å². The Morgan fingerprint density at radius 2 is 1.87 bits per heavy atom. The van der Waals surface area contributed by atoms with E-state index in [1.807, 2.05) is 34.7 Å². The summed E-state index contributed by atoms with van der Waals surface area (Å²) in [5.74, 6) is 1.76. The minimum atomic E-state index is -0.671. The molecule has 2 aromatic carbocycles. The van der Waals surface area contributed by atoms with Gasteiger partial charge in [-0.3, -0.25) is 9.30 Å². The maximum atomic E-state index is 13.0. The highest BCUT2D eigenvalue weighted by Gasteiger charge is 2.25. The van der Waals surface area contributed by atoms with Crippen LogP contribution in [0.25, 0.3) is 16.8 Å². The molecule has 1 saturated heterocycles. The van der Waals surface area contributed by atoms with Crippen LogP contribution < -0.4 is 10.1 Å². The molecule has 158 valence electrons. The van der Waals surface area contributed by atoms with Gasteiger partial charge >= 0.3 is 0 Å². The molecule has 0 aliphatic carbocycles. The summed E-state index contributed by atoms with van der Waals surface area (Å²) < 4.78 is 20.4. The topological polar surface area (TPSA) is 54.7 Å². The fourth-order valence-electron chi connectivity index (χ4n) is 4.00. The summed E-state index contributed by atoms with van der Waals surface area (Å²) in [6, 6.07) is 20.4. The monoisotopic (exact) mass is 417 g/mol. The lowest BCUT2D eigenvalue weighted by atomic mass is 10.0. The van der Waals surface area contributed by atoms with E-state index in [1.54, 1.807) is 13.4 Å². The van der Waals surface area contributed by atoms with Crippen molar-refractivity contribution in [3.05, 3.63) is 78.1 Å². The summed E-state index contributed by atoms with van der Waals surface area (Å²) in [4.78, 5) is 2.11. The first-order chi connectivity index (χ1) is 15.2. The van der Waals surface area contributed by atoms with Crippen molar-refractivity contribution in [1.82, 2.24) is 19.5 Å². The number of alkyl halides is 1. The number of rotatable bonds is 7. The summed E-state index contributed by atoms with van der Waals surface area (Å²) in [7, 11) is 1.68. The highest BCUT2D eigenvalue weighted by molar-refractivity contribution is 5.79. The number of likely N-dealkylation sites (tertiary alicyclic amines) is 1. The number of para-hydroxylation sites is 1. The van der Waals surface area contributed by atoms with Crippen molar-refractivity contribution in [1.29, 1.82) is 0 Å². The second-order valence-electron chi connectivity index (χ2n) is 7.81. The Hall–Kier alpha value is -3.45. The molecule has 0 unspecified atom stereocenters. The Balaban J connectivity index is 1.36. The average molecular weight is 417 g/mol. The van der Waals surface area contributed by atoms with E-state index >= 15 is 0 Å². The molecule has 0 bridgehead atoms. The predicted molar refractivity (Wildman–Crippen MR) is 119 cm³/mol. The Labute approximate surface area is 180 Å². The number of nitrogens with one attached hydrogen (secondary N) is 1. The second kappa shape index (κ2) is 8.35. The second-order valence-corrected chi connectivity index (χ2v) is 7.81. The number of hydrogen-bond donors (Lipinski definition) is 1. The van der Waals surface area contributed by atoms with E-state index in [-0.39, 0.29) is 0 Å². The number of pyridine rings is 1. The molecular weight excluding hydrogens is 393 g/mol. The molecule has 0 atom stereocenters. The van der Waals surface area contributed by atoms with Crippen LogP contribution >= 0.6 is 0 Å². The Morgan fingerprint density at radius 1 is 1.06 bits per heavy atom. The fourth-order valence-corrected chi connectivity index (χ4v) is 4.00. The third kappa shape index (κ3) is 3.96. The molecular formula is C24H24FN5O. The molecule has 0 spiro atoms. The van der Waals surface area contributed by atoms with Crippen molar-refractivity contribution in [2.75, 3.05) is 25.5 Å². The molecule has 1 aliphatic heterocycles. The fraction of sp³-hybridized carbons (Fsp3) is 0.250. The number of fused-ring (bicyclic) bond motifs is 1. The van der Waals surface area contributed by atoms with Crippen LogP contribution in [0.5, 0.6) is 5.75 Å². The van der Waals surface area contributed by atoms with Gasteiger partial charge < -0.3 is 10.1 Å². The molecule has 5 rings (SSSR count). The van der Waals surface area contributed by atoms with E-state index in [0.29, 0.717) is 19.6 Å². The van der Waals surface area contributed by atoms with Gasteiger partial charge in [0.15, 0.2) is 5.65 Å². The van der Waals surface area contributed by atoms with Crippen LogP contribution in [0.2, 0.25) is 0 Å². The normalized spacial score (nSPS) is 14.5. The summed E-state index contributed by atoms with van der Waals surface area (Å²) in [6.45, 7) is 2.48. The van der Waals surface area contributed by atoms with E-state index < -0.39 is 6.17 Å². The van der Waals surface area contributed by atoms with Gasteiger partial charge in [0.2, 0.25) is 0 Å². The Bertz CT molecular complexity index is 1180. The summed E-state index contributed by atoms with van der Waals surface area (Å²) in [6.07, 6.45) is 1.05. The van der Waals surface area contributed by atoms with E-state index in [1.165, 1.54) is 5.56 Å². The van der Waals surface area contributed by atoms with Gasteiger partial charge in [-0.05, 0) is 29.3 Å². The smallest absolute Gasteiger partial charge is 0.170 e. The van der Waals surface area contributed by atoms with E-state index in [2.05, 4.69) is 50.7 Å². The van der Waals surface area contributed by atoms with E-state index in [9.17, 15) is 4.39 Å². The van der Waals surface area contributed by atoms with Gasteiger partial charge in [0.1, 0.15) is 24.1 Å². The average Bonchev–Trinajstić information content (AvgIpc) is 3.27. The number of halogens is 1. The third-order valence-electron chi connectivity index (χ3n) is 5.69. The van der Waals surface area contributed by atoms with Gasteiger partial charge in [-0.25, -0.2) is 4.39 Å². The molecule has 1 aliphatic rings. The van der Waals surface area contributed by atoms with Gasteiger partial charge in [-0.1, -0.05) is 42.5 Å². The highest BCUT2D eigenvalue weighted by Crippen LogP contribution is 2.28. The first-order valence-corrected chi connectivity index (χ1v) is 10.4. The molecule has 0 amide bonds. The zero-order chi connectivity index (χ0) is 21.2. The molecule has 0 radical (unpaired) electrons.